The lowest BCUT2D eigenvalue weighted by Crippen LogP contribution is -1.96. The van der Waals surface area contributed by atoms with Gasteiger partial charge in [0.15, 0.2) is 0 Å². The molecule has 1 aromatic rings. The molecule has 0 aromatic heterocycles. The summed E-state index contributed by atoms with van der Waals surface area (Å²) < 4.78 is 5.00. The van der Waals surface area contributed by atoms with Gasteiger partial charge in [-0.2, -0.15) is 0 Å². The number of benzene rings is 1. The van der Waals surface area contributed by atoms with Crippen LogP contribution in [0.3, 0.4) is 0 Å². The summed E-state index contributed by atoms with van der Waals surface area (Å²) in [5.41, 5.74) is 2.01. The molecule has 0 amide bonds. The lowest BCUT2D eigenvalue weighted by Gasteiger charge is -2.06. The molecule has 0 bridgehead atoms. The van der Waals surface area contributed by atoms with Crippen LogP contribution < -0.4 is 0 Å². The topological polar surface area (TPSA) is 46.5 Å². The fourth-order valence-corrected chi connectivity index (χ4v) is 1.72. The van der Waals surface area contributed by atoms with Crippen LogP contribution in [0.15, 0.2) is 18.2 Å². The van der Waals surface area contributed by atoms with Crippen molar-refractivity contribution in [3.8, 4) is 0 Å². The lowest BCUT2D eigenvalue weighted by molar-refractivity contribution is -0.137. The summed E-state index contributed by atoms with van der Waals surface area (Å²) in [5.74, 6) is -0.762. The molecule has 4 heteroatoms. The number of aliphatic carboxylic acids is 1. The van der Waals surface area contributed by atoms with Gasteiger partial charge in [-0.1, -0.05) is 23.7 Å². The monoisotopic (exact) mass is 242 g/mol. The van der Waals surface area contributed by atoms with Crippen molar-refractivity contribution in [2.24, 2.45) is 0 Å². The van der Waals surface area contributed by atoms with Crippen molar-refractivity contribution in [1.29, 1.82) is 0 Å². The summed E-state index contributed by atoms with van der Waals surface area (Å²) in [6, 6.07) is 5.75. The van der Waals surface area contributed by atoms with Crippen LogP contribution in [0.25, 0.3) is 0 Å². The van der Waals surface area contributed by atoms with Gasteiger partial charge in [-0.3, -0.25) is 4.79 Å². The molecule has 0 aliphatic rings. The fraction of sp³-hybridized carbons (Fsp3) is 0.417. The van der Waals surface area contributed by atoms with Crippen LogP contribution in [0.2, 0.25) is 5.02 Å². The van der Waals surface area contributed by atoms with Crippen molar-refractivity contribution in [3.05, 3.63) is 34.3 Å². The Kier molecular flexibility index (Phi) is 5.29. The van der Waals surface area contributed by atoms with E-state index >= 15 is 0 Å². The van der Waals surface area contributed by atoms with Crippen molar-refractivity contribution in [2.75, 3.05) is 7.11 Å². The van der Waals surface area contributed by atoms with Crippen molar-refractivity contribution < 1.29 is 14.6 Å². The first-order chi connectivity index (χ1) is 7.63. The molecule has 0 atom stereocenters. The molecule has 1 rings (SSSR count). The second-order valence-electron chi connectivity index (χ2n) is 3.61. The molecule has 0 saturated carbocycles. The van der Waals surface area contributed by atoms with Crippen molar-refractivity contribution in [1.82, 2.24) is 0 Å². The van der Waals surface area contributed by atoms with Gasteiger partial charge in [0.2, 0.25) is 0 Å². The SMILES string of the molecule is COCc1ccc(CCCC(=O)O)cc1Cl. The van der Waals surface area contributed by atoms with Crippen LogP contribution >= 0.6 is 11.6 Å². The van der Waals surface area contributed by atoms with Crippen LogP contribution in [0.1, 0.15) is 24.0 Å². The van der Waals surface area contributed by atoms with E-state index in [1.54, 1.807) is 7.11 Å². The maximum atomic E-state index is 10.4. The Balaban J connectivity index is 2.55. The van der Waals surface area contributed by atoms with E-state index in [4.69, 9.17) is 21.4 Å². The molecule has 0 aliphatic heterocycles. The number of ether oxygens (including phenoxy) is 1. The van der Waals surface area contributed by atoms with Gasteiger partial charge < -0.3 is 9.84 Å². The first kappa shape index (κ1) is 13.0. The second-order valence-corrected chi connectivity index (χ2v) is 4.01. The maximum absolute atomic E-state index is 10.4. The van der Waals surface area contributed by atoms with E-state index in [-0.39, 0.29) is 6.42 Å². The van der Waals surface area contributed by atoms with E-state index in [1.807, 2.05) is 18.2 Å². The molecule has 0 heterocycles. The molecule has 1 aromatic carbocycles. The van der Waals surface area contributed by atoms with Crippen LogP contribution in [-0.2, 0) is 22.6 Å². The molecule has 0 fully saturated rings. The zero-order chi connectivity index (χ0) is 12.0. The molecule has 0 spiro atoms. The fourth-order valence-electron chi connectivity index (χ4n) is 1.46. The van der Waals surface area contributed by atoms with E-state index in [0.29, 0.717) is 18.1 Å². The van der Waals surface area contributed by atoms with Gasteiger partial charge in [0.1, 0.15) is 0 Å². The van der Waals surface area contributed by atoms with Gasteiger partial charge in [0.05, 0.1) is 6.61 Å². The summed E-state index contributed by atoms with van der Waals surface area (Å²) in [6.07, 6.45) is 1.56. The number of carboxylic acids is 1. The predicted octanol–water partition coefficient (Wildman–Crippen LogP) is 2.89. The van der Waals surface area contributed by atoms with Crippen LogP contribution in [0.5, 0.6) is 0 Å². The van der Waals surface area contributed by atoms with Crippen molar-refractivity contribution in [2.45, 2.75) is 25.9 Å². The Morgan fingerprint density at radius 1 is 1.50 bits per heavy atom. The summed E-state index contributed by atoms with van der Waals surface area (Å²) in [7, 11) is 1.62. The third kappa shape index (κ3) is 4.21. The standard InChI is InChI=1S/C12H15ClO3/c1-16-8-10-6-5-9(7-11(10)13)3-2-4-12(14)15/h5-7H,2-4,8H2,1H3,(H,14,15). The highest BCUT2D eigenvalue weighted by atomic mass is 35.5. The Hall–Kier alpha value is -1.06. The summed E-state index contributed by atoms with van der Waals surface area (Å²) in [6.45, 7) is 0.494. The van der Waals surface area contributed by atoms with Gasteiger partial charge in [-0.15, -0.1) is 0 Å². The molecule has 88 valence electrons. The number of hydrogen-bond donors (Lipinski definition) is 1. The van der Waals surface area contributed by atoms with Gasteiger partial charge in [-0.25, -0.2) is 0 Å². The van der Waals surface area contributed by atoms with Crippen LogP contribution in [0.4, 0.5) is 0 Å². The minimum atomic E-state index is -0.762. The smallest absolute Gasteiger partial charge is 0.303 e. The predicted molar refractivity (Wildman–Crippen MR) is 62.7 cm³/mol. The largest absolute Gasteiger partial charge is 0.481 e. The number of methoxy groups -OCH3 is 1. The highest BCUT2D eigenvalue weighted by Gasteiger charge is 2.03. The molecular weight excluding hydrogens is 228 g/mol. The highest BCUT2D eigenvalue weighted by Crippen LogP contribution is 2.19. The molecule has 3 nitrogen and oxygen atoms in total. The van der Waals surface area contributed by atoms with E-state index in [1.165, 1.54) is 0 Å². The van der Waals surface area contributed by atoms with Gasteiger partial charge >= 0.3 is 5.97 Å². The van der Waals surface area contributed by atoms with Crippen LogP contribution in [0, 0.1) is 0 Å². The quantitative estimate of drug-likeness (QED) is 0.834. The second kappa shape index (κ2) is 6.51. The minimum Gasteiger partial charge on any atom is -0.481 e. The maximum Gasteiger partial charge on any atom is 0.303 e. The Bertz CT molecular complexity index is 363. The Morgan fingerprint density at radius 2 is 2.25 bits per heavy atom. The van der Waals surface area contributed by atoms with Crippen molar-refractivity contribution >= 4 is 17.6 Å². The Morgan fingerprint density at radius 3 is 2.81 bits per heavy atom. The van der Waals surface area contributed by atoms with Gasteiger partial charge in [0.25, 0.3) is 0 Å². The average molecular weight is 243 g/mol. The summed E-state index contributed by atoms with van der Waals surface area (Å²) in [4.78, 5) is 10.4. The van der Waals surface area contributed by atoms with Crippen LogP contribution in [-0.4, -0.2) is 18.2 Å². The molecular formula is C12H15ClO3. The third-order valence-corrected chi connectivity index (χ3v) is 2.63. The molecule has 0 aliphatic carbocycles. The number of hydrogen-bond acceptors (Lipinski definition) is 2. The minimum absolute atomic E-state index is 0.192. The molecule has 1 N–H and O–H groups in total. The normalized spacial score (nSPS) is 10.4. The Labute approximate surface area is 100.0 Å². The number of carboxylic acid groups (broad SMARTS) is 1. The van der Waals surface area contributed by atoms with E-state index in [0.717, 1.165) is 17.5 Å². The molecule has 0 unspecified atom stereocenters. The van der Waals surface area contributed by atoms with E-state index in [9.17, 15) is 4.79 Å². The number of aryl methyl sites for hydroxylation is 1. The zero-order valence-corrected chi connectivity index (χ0v) is 9.96. The van der Waals surface area contributed by atoms with Crippen molar-refractivity contribution in [3.63, 3.8) is 0 Å². The van der Waals surface area contributed by atoms with Gasteiger partial charge in [-0.05, 0) is 30.0 Å². The first-order valence-electron chi connectivity index (χ1n) is 5.11. The number of halogens is 1. The molecule has 16 heavy (non-hydrogen) atoms. The van der Waals surface area contributed by atoms with Gasteiger partial charge in [0, 0.05) is 18.6 Å². The summed E-state index contributed by atoms with van der Waals surface area (Å²) in [5, 5.41) is 9.19. The van der Waals surface area contributed by atoms with E-state index in [2.05, 4.69) is 0 Å². The highest BCUT2D eigenvalue weighted by molar-refractivity contribution is 6.31. The first-order valence-corrected chi connectivity index (χ1v) is 5.49. The van der Waals surface area contributed by atoms with E-state index < -0.39 is 5.97 Å². The number of rotatable bonds is 6. The molecule has 0 radical (unpaired) electrons. The summed E-state index contributed by atoms with van der Waals surface area (Å²) >= 11 is 6.05. The lowest BCUT2D eigenvalue weighted by atomic mass is 10.1. The zero-order valence-electron chi connectivity index (χ0n) is 9.20. The number of carbonyl (C=O) groups is 1. The third-order valence-electron chi connectivity index (χ3n) is 2.27. The average Bonchev–Trinajstić information content (AvgIpc) is 2.21. The molecule has 0 saturated heterocycles.